The Morgan fingerprint density at radius 2 is 1.83 bits per heavy atom. The van der Waals surface area contributed by atoms with Crippen molar-refractivity contribution in [2.45, 2.75) is 47.5 Å². The average Bonchev–Trinajstić information content (AvgIpc) is 2.00. The van der Waals surface area contributed by atoms with Crippen LogP contribution in [-0.4, -0.2) is 13.1 Å². The van der Waals surface area contributed by atoms with E-state index in [4.69, 9.17) is 0 Å². The lowest BCUT2D eigenvalue weighted by atomic mass is 9.79. The first-order valence-corrected chi connectivity index (χ1v) is 5.24. The van der Waals surface area contributed by atoms with Crippen LogP contribution in [0.4, 0.5) is 0 Å². The summed E-state index contributed by atoms with van der Waals surface area (Å²) >= 11 is 0. The number of hydrogen-bond donors (Lipinski definition) is 1. The molecule has 0 saturated heterocycles. The molecule has 0 fully saturated rings. The molecule has 1 heteroatoms. The highest BCUT2D eigenvalue weighted by Gasteiger charge is 2.22. The van der Waals surface area contributed by atoms with E-state index in [1.54, 1.807) is 0 Å². The van der Waals surface area contributed by atoms with E-state index in [9.17, 15) is 0 Å². The van der Waals surface area contributed by atoms with Crippen molar-refractivity contribution < 1.29 is 0 Å². The Balaban J connectivity index is 3.86. The molecule has 0 aromatic carbocycles. The van der Waals surface area contributed by atoms with Gasteiger partial charge in [-0.15, -0.1) is 0 Å². The third-order valence-corrected chi connectivity index (χ3v) is 2.56. The molecule has 0 aromatic rings. The first-order chi connectivity index (χ1) is 5.54. The van der Waals surface area contributed by atoms with Crippen LogP contribution >= 0.6 is 0 Å². The first kappa shape index (κ1) is 12.0. The monoisotopic (exact) mass is 171 g/mol. The van der Waals surface area contributed by atoms with E-state index in [2.05, 4.69) is 39.9 Å². The Morgan fingerprint density at radius 3 is 2.17 bits per heavy atom. The summed E-state index contributed by atoms with van der Waals surface area (Å²) < 4.78 is 0. The molecule has 0 spiro atoms. The standard InChI is InChI=1S/C11H25N/c1-6-11(5,8-10(3)4)9-12-7-2/h10,12H,6-9H2,1-5H3. The molecule has 1 unspecified atom stereocenters. The topological polar surface area (TPSA) is 12.0 Å². The van der Waals surface area contributed by atoms with Crippen LogP contribution in [0, 0.1) is 11.3 Å². The Labute approximate surface area is 77.9 Å². The second-order valence-corrected chi connectivity index (χ2v) is 4.54. The van der Waals surface area contributed by atoms with Crippen molar-refractivity contribution in [3.63, 3.8) is 0 Å². The molecule has 0 rings (SSSR count). The van der Waals surface area contributed by atoms with E-state index in [1.165, 1.54) is 12.8 Å². The zero-order valence-corrected chi connectivity index (χ0v) is 9.41. The SMILES string of the molecule is CCNCC(C)(CC)CC(C)C. The summed E-state index contributed by atoms with van der Waals surface area (Å²) in [5.41, 5.74) is 0.504. The zero-order valence-electron chi connectivity index (χ0n) is 9.41. The third-order valence-electron chi connectivity index (χ3n) is 2.56. The van der Waals surface area contributed by atoms with Crippen molar-refractivity contribution in [2.75, 3.05) is 13.1 Å². The molecule has 0 aliphatic rings. The molecule has 12 heavy (non-hydrogen) atoms. The molecule has 0 heterocycles. The quantitative estimate of drug-likeness (QED) is 0.647. The van der Waals surface area contributed by atoms with Gasteiger partial charge in [0.25, 0.3) is 0 Å². The van der Waals surface area contributed by atoms with Crippen molar-refractivity contribution in [2.24, 2.45) is 11.3 Å². The van der Waals surface area contributed by atoms with Gasteiger partial charge in [0, 0.05) is 6.54 Å². The number of rotatable bonds is 6. The van der Waals surface area contributed by atoms with Crippen molar-refractivity contribution >= 4 is 0 Å². The fraction of sp³-hybridized carbons (Fsp3) is 1.00. The van der Waals surface area contributed by atoms with Crippen molar-refractivity contribution in [3.05, 3.63) is 0 Å². The molecule has 74 valence electrons. The fourth-order valence-corrected chi connectivity index (χ4v) is 1.75. The summed E-state index contributed by atoms with van der Waals surface area (Å²) in [4.78, 5) is 0. The molecular formula is C11H25N. The summed E-state index contributed by atoms with van der Waals surface area (Å²) in [6, 6.07) is 0. The van der Waals surface area contributed by atoms with Gasteiger partial charge in [-0.2, -0.15) is 0 Å². The molecule has 1 nitrogen and oxygen atoms in total. The molecule has 0 radical (unpaired) electrons. The molecular weight excluding hydrogens is 146 g/mol. The Kier molecular flexibility index (Phi) is 5.56. The minimum atomic E-state index is 0.504. The third kappa shape index (κ3) is 4.76. The van der Waals surface area contributed by atoms with Crippen LogP contribution in [0.25, 0.3) is 0 Å². The van der Waals surface area contributed by atoms with Gasteiger partial charge < -0.3 is 5.32 Å². The molecule has 0 aliphatic heterocycles. The largest absolute Gasteiger partial charge is 0.316 e. The first-order valence-electron chi connectivity index (χ1n) is 5.24. The molecule has 0 saturated carbocycles. The van der Waals surface area contributed by atoms with Crippen LogP contribution in [0.5, 0.6) is 0 Å². The maximum absolute atomic E-state index is 3.45. The van der Waals surface area contributed by atoms with Gasteiger partial charge in [-0.05, 0) is 30.7 Å². The van der Waals surface area contributed by atoms with Crippen LogP contribution < -0.4 is 5.32 Å². The van der Waals surface area contributed by atoms with E-state index in [0.717, 1.165) is 19.0 Å². The normalized spacial score (nSPS) is 16.5. The average molecular weight is 171 g/mol. The van der Waals surface area contributed by atoms with Gasteiger partial charge >= 0.3 is 0 Å². The van der Waals surface area contributed by atoms with Gasteiger partial charge in [0.2, 0.25) is 0 Å². The lowest BCUT2D eigenvalue weighted by Gasteiger charge is -2.30. The van der Waals surface area contributed by atoms with Gasteiger partial charge in [-0.25, -0.2) is 0 Å². The smallest absolute Gasteiger partial charge is 0.000504 e. The van der Waals surface area contributed by atoms with Crippen LogP contribution in [0.1, 0.15) is 47.5 Å². The van der Waals surface area contributed by atoms with E-state index >= 15 is 0 Å². The predicted molar refractivity (Wildman–Crippen MR) is 56.4 cm³/mol. The van der Waals surface area contributed by atoms with Crippen LogP contribution in [0.15, 0.2) is 0 Å². The van der Waals surface area contributed by atoms with E-state index in [1.807, 2.05) is 0 Å². The highest BCUT2D eigenvalue weighted by Crippen LogP contribution is 2.28. The molecule has 0 amide bonds. The Hall–Kier alpha value is -0.0400. The summed E-state index contributed by atoms with van der Waals surface area (Å²) in [5.74, 6) is 0.814. The number of hydrogen-bond acceptors (Lipinski definition) is 1. The summed E-state index contributed by atoms with van der Waals surface area (Å²) in [5, 5.41) is 3.45. The summed E-state index contributed by atoms with van der Waals surface area (Å²) in [6.07, 6.45) is 2.61. The highest BCUT2D eigenvalue weighted by atomic mass is 14.9. The van der Waals surface area contributed by atoms with E-state index < -0.39 is 0 Å². The molecule has 0 aromatic heterocycles. The van der Waals surface area contributed by atoms with Crippen molar-refractivity contribution in [1.29, 1.82) is 0 Å². The molecule has 1 atom stereocenters. The fourth-order valence-electron chi connectivity index (χ4n) is 1.75. The van der Waals surface area contributed by atoms with Gasteiger partial charge in [-0.3, -0.25) is 0 Å². The second kappa shape index (κ2) is 5.58. The van der Waals surface area contributed by atoms with Crippen LogP contribution in [-0.2, 0) is 0 Å². The van der Waals surface area contributed by atoms with E-state index in [0.29, 0.717) is 5.41 Å². The van der Waals surface area contributed by atoms with E-state index in [-0.39, 0.29) is 0 Å². The maximum atomic E-state index is 3.45. The number of nitrogens with one attached hydrogen (secondary N) is 1. The van der Waals surface area contributed by atoms with Gasteiger partial charge in [0.05, 0.1) is 0 Å². The van der Waals surface area contributed by atoms with Gasteiger partial charge in [-0.1, -0.05) is 34.6 Å². The molecule has 1 N–H and O–H groups in total. The van der Waals surface area contributed by atoms with Gasteiger partial charge in [0.15, 0.2) is 0 Å². The Bertz CT molecular complexity index is 110. The molecule has 0 aliphatic carbocycles. The Morgan fingerprint density at radius 1 is 1.25 bits per heavy atom. The van der Waals surface area contributed by atoms with Crippen LogP contribution in [0.2, 0.25) is 0 Å². The second-order valence-electron chi connectivity index (χ2n) is 4.54. The predicted octanol–water partition coefficient (Wildman–Crippen LogP) is 3.06. The minimum Gasteiger partial charge on any atom is -0.316 e. The maximum Gasteiger partial charge on any atom is 0.000504 e. The van der Waals surface area contributed by atoms with Gasteiger partial charge in [0.1, 0.15) is 0 Å². The minimum absolute atomic E-state index is 0.504. The van der Waals surface area contributed by atoms with Crippen LogP contribution in [0.3, 0.4) is 0 Å². The lowest BCUT2D eigenvalue weighted by molar-refractivity contribution is 0.237. The lowest BCUT2D eigenvalue weighted by Crippen LogP contribution is -2.32. The summed E-state index contributed by atoms with van der Waals surface area (Å²) in [6.45, 7) is 13.7. The molecule has 0 bridgehead atoms. The zero-order chi connectivity index (χ0) is 9.61. The van der Waals surface area contributed by atoms with Crippen molar-refractivity contribution in [1.82, 2.24) is 5.32 Å². The summed E-state index contributed by atoms with van der Waals surface area (Å²) in [7, 11) is 0. The van der Waals surface area contributed by atoms with Crippen molar-refractivity contribution in [3.8, 4) is 0 Å². The highest BCUT2D eigenvalue weighted by molar-refractivity contribution is 4.76.